The van der Waals surface area contributed by atoms with Crippen LogP contribution in [0.5, 0.6) is 0 Å². The first-order valence-electron chi connectivity index (χ1n) is 0. The molecule has 0 heterocycles. The van der Waals surface area contributed by atoms with Crippen molar-refractivity contribution in [3.05, 3.63) is 0 Å². The monoisotopic (exact) mass is 699 g/mol. The van der Waals surface area contributed by atoms with Crippen LogP contribution in [0.1, 0.15) is 0 Å². The Morgan fingerprint density at radius 1 is 1.00 bits per heavy atom. The van der Waals surface area contributed by atoms with Gasteiger partial charge in [0.1, 0.15) is 0 Å². The molecule has 46 valence electrons. The van der Waals surface area contributed by atoms with Gasteiger partial charge < -0.3 is 0 Å². The van der Waals surface area contributed by atoms with E-state index in [2.05, 4.69) is 0 Å². The van der Waals surface area contributed by atoms with Crippen LogP contribution < -0.4 is 0 Å². The summed E-state index contributed by atoms with van der Waals surface area (Å²) in [6.07, 6.45) is 0. The topological polar surface area (TPSA) is 0 Å². The van der Waals surface area contributed by atoms with E-state index in [0.717, 1.165) is 0 Å². The Balaban J connectivity index is 0. The molecule has 0 fully saturated rings. The first-order valence-corrected chi connectivity index (χ1v) is 0. The Morgan fingerprint density at radius 3 is 1.00 bits per heavy atom. The Hall–Kier alpha value is 3.25. The third kappa shape index (κ3) is 18.9. The molecule has 0 aliphatic heterocycles. The minimum atomic E-state index is 0. The second kappa shape index (κ2) is 26.8. The minimum Gasteiger partial charge on any atom is 0 e. The Bertz CT molecular complexity index is 11.6. The summed E-state index contributed by atoms with van der Waals surface area (Å²) in [4.78, 5) is 0. The van der Waals surface area contributed by atoms with Crippen LogP contribution >= 0.6 is 0 Å². The third-order valence-electron chi connectivity index (χ3n) is 0. The molecule has 5 heavy (non-hydrogen) atoms. The molecule has 0 aromatic carbocycles. The number of hydrogen-bond acceptors (Lipinski definition) is 0. The molecule has 0 aliphatic rings. The fraction of sp³-hybridized carbons (Fsp3) is 0. The quantitative estimate of drug-likeness (QED) is 0.313. The van der Waals surface area contributed by atoms with Gasteiger partial charge in [-0.05, 0) is 0 Å². The largest absolute Gasteiger partial charge is 0 e. The van der Waals surface area contributed by atoms with E-state index in [1.807, 2.05) is 0 Å². The van der Waals surface area contributed by atoms with E-state index in [1.165, 1.54) is 0 Å². The predicted octanol–water partition coefficient (Wildman–Crippen LogP) is -0.0125. The summed E-state index contributed by atoms with van der Waals surface area (Å²) in [7, 11) is 0. The van der Waals surface area contributed by atoms with Gasteiger partial charge in [-0.3, -0.25) is 0 Å². The summed E-state index contributed by atoms with van der Waals surface area (Å²) >= 11 is 0. The number of rotatable bonds is 0. The average Bonchev–Trinajstić information content (AvgIpc) is 0. The zero-order valence-electron chi connectivity index (χ0n) is 1.65. The summed E-state index contributed by atoms with van der Waals surface area (Å²) in [5.41, 5.74) is 0. The Labute approximate surface area is 98.8 Å². The predicted molar refractivity (Wildman–Crippen MR) is 0 cm³/mol. The summed E-state index contributed by atoms with van der Waals surface area (Å²) in [6.45, 7) is 0. The fourth-order valence-corrected chi connectivity index (χ4v) is 0. The maximum absolute atomic E-state index is 0. The number of hydrogen-bond donors (Lipinski definition) is 0. The molecule has 0 rings (SSSR count). The smallest absolute Gasteiger partial charge is 0 e. The van der Waals surface area contributed by atoms with E-state index >= 15 is 0 Å². The van der Waals surface area contributed by atoms with Crippen molar-refractivity contribution in [2.45, 2.75) is 0 Å². The molecule has 0 saturated carbocycles. The molecular weight excluding hydrogens is 698 g/mol. The normalized spacial score (nSPS) is 0. The van der Waals surface area contributed by atoms with Crippen LogP contribution in [-0.2, 0) is 101 Å². The zero-order chi connectivity index (χ0) is 0. The second-order valence-corrected chi connectivity index (χ2v) is 0. The van der Waals surface area contributed by atoms with Crippen molar-refractivity contribution in [1.29, 1.82) is 0 Å². The van der Waals surface area contributed by atoms with Crippen LogP contribution in [0.3, 0.4) is 0 Å². The SMILES string of the molecule is [Ir].[Pd].[Pt].[Rh].[Ru]. The van der Waals surface area contributed by atoms with Crippen molar-refractivity contribution in [3.8, 4) is 0 Å². The van der Waals surface area contributed by atoms with E-state index in [0.29, 0.717) is 0 Å². The molecule has 0 nitrogen and oxygen atoms in total. The summed E-state index contributed by atoms with van der Waals surface area (Å²) in [5, 5.41) is 0. The van der Waals surface area contributed by atoms with Crippen LogP contribution in [0.2, 0.25) is 0 Å². The Morgan fingerprint density at radius 2 is 1.00 bits per heavy atom. The van der Waals surface area contributed by atoms with E-state index in [-0.39, 0.29) is 101 Å². The van der Waals surface area contributed by atoms with Gasteiger partial charge in [0, 0.05) is 101 Å². The Kier molecular flexibility index (Phi) is 220. The first kappa shape index (κ1) is 41.1. The van der Waals surface area contributed by atoms with Gasteiger partial charge in [0.05, 0.1) is 0 Å². The van der Waals surface area contributed by atoms with Crippen molar-refractivity contribution in [3.63, 3.8) is 0 Å². The van der Waals surface area contributed by atoms with Crippen molar-refractivity contribution >= 4 is 0 Å². The molecule has 5 heteroatoms. The third-order valence-corrected chi connectivity index (χ3v) is 0. The van der Waals surface area contributed by atoms with Crippen molar-refractivity contribution in [2.75, 3.05) is 0 Å². The summed E-state index contributed by atoms with van der Waals surface area (Å²) < 4.78 is 0. The standard InChI is InChI=1S/Ir.Pd.Pt.Rh.Ru. The minimum absolute atomic E-state index is 0. The molecule has 0 atom stereocenters. The van der Waals surface area contributed by atoms with E-state index in [9.17, 15) is 0 Å². The van der Waals surface area contributed by atoms with Crippen LogP contribution in [-0.4, -0.2) is 0 Å². The van der Waals surface area contributed by atoms with Gasteiger partial charge in [-0.15, -0.1) is 0 Å². The molecule has 0 unspecified atom stereocenters. The maximum Gasteiger partial charge on any atom is 0 e. The van der Waals surface area contributed by atoms with Gasteiger partial charge in [0.15, 0.2) is 0 Å². The molecule has 0 spiro atoms. The summed E-state index contributed by atoms with van der Waals surface area (Å²) in [5.74, 6) is 0. The summed E-state index contributed by atoms with van der Waals surface area (Å²) in [6, 6.07) is 0. The molecule has 0 aromatic rings. The van der Waals surface area contributed by atoms with Gasteiger partial charge in [0.2, 0.25) is 0 Å². The molecule has 0 saturated heterocycles. The van der Waals surface area contributed by atoms with Crippen LogP contribution in [0.4, 0.5) is 0 Å². The van der Waals surface area contributed by atoms with Gasteiger partial charge in [-0.1, -0.05) is 0 Å². The van der Waals surface area contributed by atoms with E-state index < -0.39 is 0 Å². The molecule has 0 aromatic heterocycles. The molecule has 0 N–H and O–H groups in total. The van der Waals surface area contributed by atoms with Crippen LogP contribution in [0.25, 0.3) is 0 Å². The van der Waals surface area contributed by atoms with Gasteiger partial charge >= 0.3 is 0 Å². The molecule has 0 amide bonds. The molecule has 2 radical (unpaired) electrons. The van der Waals surface area contributed by atoms with Crippen molar-refractivity contribution in [1.82, 2.24) is 0 Å². The zero-order valence-corrected chi connectivity index (χ0v) is 11.3. The maximum atomic E-state index is 0. The van der Waals surface area contributed by atoms with E-state index in [4.69, 9.17) is 0 Å². The molecule has 0 bridgehead atoms. The molecule has 0 aliphatic carbocycles. The van der Waals surface area contributed by atoms with Crippen LogP contribution in [0.15, 0.2) is 0 Å². The van der Waals surface area contributed by atoms with Gasteiger partial charge in [0.25, 0.3) is 0 Å². The van der Waals surface area contributed by atoms with E-state index in [1.54, 1.807) is 0 Å². The van der Waals surface area contributed by atoms with Crippen LogP contribution in [0, 0.1) is 0 Å². The van der Waals surface area contributed by atoms with Gasteiger partial charge in [-0.25, -0.2) is 0 Å². The van der Waals surface area contributed by atoms with Gasteiger partial charge in [-0.2, -0.15) is 0 Å². The first-order chi connectivity index (χ1) is 0. The molecular formula is IrPdPtRhRu. The van der Waals surface area contributed by atoms with Crippen molar-refractivity contribution in [2.24, 2.45) is 0 Å². The average molecular weight is 698 g/mol. The second-order valence-electron chi connectivity index (χ2n) is 0. The fourth-order valence-electron chi connectivity index (χ4n) is 0. The van der Waals surface area contributed by atoms with Crippen molar-refractivity contribution < 1.29 is 101 Å².